The summed E-state index contributed by atoms with van der Waals surface area (Å²) in [6, 6.07) is 31.3. The van der Waals surface area contributed by atoms with E-state index in [0.717, 1.165) is 53.9 Å². The minimum absolute atomic E-state index is 0.445. The van der Waals surface area contributed by atoms with Crippen molar-refractivity contribution in [2.75, 3.05) is 0 Å². The van der Waals surface area contributed by atoms with E-state index in [1.54, 1.807) is 0 Å². The monoisotopic (exact) mass is 449 g/mol. The van der Waals surface area contributed by atoms with Crippen molar-refractivity contribution in [1.82, 2.24) is 25.6 Å². The number of rotatable bonds is 10. The molecular formula is C28H27N5O. The van der Waals surface area contributed by atoms with Gasteiger partial charge in [-0.25, -0.2) is 10.1 Å². The van der Waals surface area contributed by atoms with Crippen molar-refractivity contribution in [3.05, 3.63) is 114 Å². The van der Waals surface area contributed by atoms with Gasteiger partial charge in [0.05, 0.1) is 11.2 Å². The fourth-order valence-electron chi connectivity index (χ4n) is 4.29. The summed E-state index contributed by atoms with van der Waals surface area (Å²) in [7, 11) is 0. The zero-order valence-electron chi connectivity index (χ0n) is 19.0. The molecule has 5 aromatic rings. The third-order valence-corrected chi connectivity index (χ3v) is 6.01. The number of aromatic amines is 1. The molecule has 0 amide bonds. The normalized spacial score (nSPS) is 12.0. The summed E-state index contributed by atoms with van der Waals surface area (Å²) in [5.41, 5.74) is 4.52. The summed E-state index contributed by atoms with van der Waals surface area (Å²) in [4.78, 5) is 4.71. The maximum absolute atomic E-state index is 6.11. The van der Waals surface area contributed by atoms with E-state index in [4.69, 9.17) is 9.72 Å². The lowest BCUT2D eigenvalue weighted by Crippen LogP contribution is -2.11. The molecule has 0 aliphatic heterocycles. The lowest BCUT2D eigenvalue weighted by molar-refractivity contribution is 0.301. The number of H-pyrrole nitrogens is 1. The molecule has 0 radical (unpaired) electrons. The molecule has 0 aliphatic rings. The van der Waals surface area contributed by atoms with Crippen LogP contribution in [-0.2, 0) is 25.9 Å². The zero-order chi connectivity index (χ0) is 23.0. The second-order valence-corrected chi connectivity index (χ2v) is 8.58. The minimum Gasteiger partial charge on any atom is -0.487 e. The molecule has 0 saturated heterocycles. The van der Waals surface area contributed by atoms with Gasteiger partial charge in [-0.15, -0.1) is 5.10 Å². The van der Waals surface area contributed by atoms with Crippen LogP contribution in [0.25, 0.3) is 10.9 Å². The highest BCUT2D eigenvalue weighted by Crippen LogP contribution is 2.23. The lowest BCUT2D eigenvalue weighted by atomic mass is 9.89. The van der Waals surface area contributed by atoms with E-state index < -0.39 is 0 Å². The minimum atomic E-state index is 0.445. The highest BCUT2D eigenvalue weighted by atomic mass is 16.5. The Morgan fingerprint density at radius 2 is 1.62 bits per heavy atom. The Bertz CT molecular complexity index is 1320. The van der Waals surface area contributed by atoms with Crippen LogP contribution in [0.15, 0.2) is 91.0 Å². The van der Waals surface area contributed by atoms with Gasteiger partial charge in [-0.05, 0) is 71.0 Å². The first-order chi connectivity index (χ1) is 16.8. The number of hydrogen-bond acceptors (Lipinski definition) is 5. The van der Waals surface area contributed by atoms with Gasteiger partial charge in [0.1, 0.15) is 18.2 Å². The second kappa shape index (κ2) is 10.7. The molecule has 1 unspecified atom stereocenters. The number of aryl methyl sites for hydroxylation is 1. The first-order valence-corrected chi connectivity index (χ1v) is 11.6. The Morgan fingerprint density at radius 1 is 0.794 bits per heavy atom. The maximum Gasteiger partial charge on any atom is 0.148 e. The summed E-state index contributed by atoms with van der Waals surface area (Å²) in [6.45, 7) is 0.445. The number of hydrogen-bond donors (Lipinski definition) is 1. The van der Waals surface area contributed by atoms with Gasteiger partial charge in [-0.2, -0.15) is 0 Å². The lowest BCUT2D eigenvalue weighted by Gasteiger charge is -2.17. The molecule has 0 spiro atoms. The number of benzene rings is 3. The highest BCUT2D eigenvalue weighted by molar-refractivity contribution is 5.78. The van der Waals surface area contributed by atoms with Crippen LogP contribution in [-0.4, -0.2) is 25.6 Å². The Balaban J connectivity index is 1.25. The number of tetrazole rings is 1. The largest absolute Gasteiger partial charge is 0.487 e. The second-order valence-electron chi connectivity index (χ2n) is 8.58. The van der Waals surface area contributed by atoms with Crippen molar-refractivity contribution in [3.8, 4) is 5.75 Å². The molecule has 0 fully saturated rings. The fourth-order valence-corrected chi connectivity index (χ4v) is 4.29. The summed E-state index contributed by atoms with van der Waals surface area (Å²) >= 11 is 0. The van der Waals surface area contributed by atoms with Crippen molar-refractivity contribution in [1.29, 1.82) is 0 Å². The predicted molar refractivity (Wildman–Crippen MR) is 132 cm³/mol. The molecule has 6 heteroatoms. The van der Waals surface area contributed by atoms with E-state index in [9.17, 15) is 0 Å². The number of para-hydroxylation sites is 1. The van der Waals surface area contributed by atoms with E-state index >= 15 is 0 Å². The van der Waals surface area contributed by atoms with Crippen LogP contribution in [0.3, 0.4) is 0 Å². The number of nitrogens with zero attached hydrogens (tertiary/aromatic N) is 4. The van der Waals surface area contributed by atoms with Gasteiger partial charge in [0.15, 0.2) is 0 Å². The van der Waals surface area contributed by atoms with Crippen LogP contribution in [0, 0.1) is 5.92 Å². The Kier molecular flexibility index (Phi) is 6.85. The topological polar surface area (TPSA) is 76.6 Å². The van der Waals surface area contributed by atoms with Gasteiger partial charge < -0.3 is 4.74 Å². The highest BCUT2D eigenvalue weighted by Gasteiger charge is 2.13. The SMILES string of the molecule is c1ccc(CC(CCc2nnn[nH]2)Cc2cccc(OCc3ccc4ccccc4n3)c2)cc1. The van der Waals surface area contributed by atoms with Gasteiger partial charge in [0.25, 0.3) is 0 Å². The fraction of sp³-hybridized carbons (Fsp3) is 0.214. The van der Waals surface area contributed by atoms with Crippen LogP contribution in [0.2, 0.25) is 0 Å². The van der Waals surface area contributed by atoms with Gasteiger partial charge in [-0.1, -0.05) is 66.7 Å². The summed E-state index contributed by atoms with van der Waals surface area (Å²) < 4.78 is 6.11. The predicted octanol–water partition coefficient (Wildman–Crippen LogP) is 5.36. The van der Waals surface area contributed by atoms with Crippen molar-refractivity contribution >= 4 is 10.9 Å². The van der Waals surface area contributed by atoms with Crippen molar-refractivity contribution < 1.29 is 4.74 Å². The molecule has 6 nitrogen and oxygen atoms in total. The van der Waals surface area contributed by atoms with Crippen molar-refractivity contribution in [2.24, 2.45) is 5.92 Å². The van der Waals surface area contributed by atoms with E-state index in [1.165, 1.54) is 11.1 Å². The summed E-state index contributed by atoms with van der Waals surface area (Å²) in [5, 5.41) is 15.5. The summed E-state index contributed by atoms with van der Waals surface area (Å²) in [5.74, 6) is 2.16. The molecule has 0 bridgehead atoms. The molecule has 0 aliphatic carbocycles. The Hall–Kier alpha value is -4.06. The van der Waals surface area contributed by atoms with E-state index in [0.29, 0.717) is 12.5 Å². The molecule has 0 saturated carbocycles. The smallest absolute Gasteiger partial charge is 0.148 e. The molecule has 3 aromatic carbocycles. The average molecular weight is 450 g/mol. The third-order valence-electron chi connectivity index (χ3n) is 6.01. The zero-order valence-corrected chi connectivity index (χ0v) is 19.0. The van der Waals surface area contributed by atoms with Gasteiger partial charge in [-0.3, -0.25) is 0 Å². The van der Waals surface area contributed by atoms with Crippen LogP contribution < -0.4 is 4.74 Å². The molecule has 170 valence electrons. The molecular weight excluding hydrogens is 422 g/mol. The van der Waals surface area contributed by atoms with Crippen LogP contribution in [0.4, 0.5) is 0 Å². The Labute approximate surface area is 199 Å². The number of ether oxygens (including phenoxy) is 1. The van der Waals surface area contributed by atoms with Gasteiger partial charge in [0.2, 0.25) is 0 Å². The van der Waals surface area contributed by atoms with Crippen LogP contribution in [0.1, 0.15) is 29.1 Å². The molecule has 5 rings (SSSR count). The molecule has 2 heterocycles. The standard InChI is InChI=1S/C28H27N5O/c1-2-7-21(8-3-1)17-23(13-16-28-30-32-33-31-28)18-22-9-6-11-26(19-22)34-20-25-15-14-24-10-4-5-12-27(24)29-25/h1-12,14-15,19,23H,13,16-18,20H2,(H,30,31,32,33). The number of aromatic nitrogens is 5. The number of fused-ring (bicyclic) bond motifs is 1. The quantitative estimate of drug-likeness (QED) is 0.311. The van der Waals surface area contributed by atoms with E-state index in [1.807, 2.05) is 30.3 Å². The first-order valence-electron chi connectivity index (χ1n) is 11.6. The van der Waals surface area contributed by atoms with Crippen LogP contribution in [0.5, 0.6) is 5.75 Å². The van der Waals surface area contributed by atoms with E-state index in [-0.39, 0.29) is 0 Å². The van der Waals surface area contributed by atoms with Crippen LogP contribution >= 0.6 is 0 Å². The summed E-state index contributed by atoms with van der Waals surface area (Å²) in [6.07, 6.45) is 3.79. The average Bonchev–Trinajstić information content (AvgIpc) is 3.41. The van der Waals surface area contributed by atoms with E-state index in [2.05, 4.69) is 81.3 Å². The first kappa shape index (κ1) is 21.8. The molecule has 1 N–H and O–H groups in total. The Morgan fingerprint density at radius 3 is 2.50 bits per heavy atom. The molecule has 2 aromatic heterocycles. The molecule has 34 heavy (non-hydrogen) atoms. The molecule has 1 atom stereocenters. The van der Waals surface area contributed by atoms with Crippen molar-refractivity contribution in [3.63, 3.8) is 0 Å². The van der Waals surface area contributed by atoms with Gasteiger partial charge >= 0.3 is 0 Å². The number of nitrogens with one attached hydrogen (secondary N) is 1. The van der Waals surface area contributed by atoms with Crippen molar-refractivity contribution in [2.45, 2.75) is 32.3 Å². The maximum atomic E-state index is 6.11. The number of pyridine rings is 1. The van der Waals surface area contributed by atoms with Gasteiger partial charge in [0, 0.05) is 11.8 Å². The third kappa shape index (κ3) is 5.84.